The Morgan fingerprint density at radius 2 is 1.69 bits per heavy atom. The molecule has 1 aromatic heterocycles. The Morgan fingerprint density at radius 1 is 1.12 bits per heavy atom. The molecule has 0 aliphatic rings. The van der Waals surface area contributed by atoms with E-state index in [2.05, 4.69) is 41.0 Å². The maximum Gasteiger partial charge on any atom is 0.229 e. The van der Waals surface area contributed by atoms with Gasteiger partial charge in [0.15, 0.2) is 0 Å². The summed E-state index contributed by atoms with van der Waals surface area (Å²) >= 11 is 5.73. The molecule has 0 aliphatic carbocycles. The van der Waals surface area contributed by atoms with E-state index in [0.717, 1.165) is 19.3 Å². The lowest BCUT2D eigenvalue weighted by molar-refractivity contribution is 0.417. The molecular weight excluding hydrogens is 226 g/mol. The van der Waals surface area contributed by atoms with Gasteiger partial charge in [-0.3, -0.25) is 0 Å². The Kier molecular flexibility index (Phi) is 4.29. The van der Waals surface area contributed by atoms with Crippen LogP contribution in [0.25, 0.3) is 0 Å². The van der Waals surface area contributed by atoms with Crippen molar-refractivity contribution in [2.24, 2.45) is 0 Å². The number of nitrogens with zero attached hydrogens (tertiary/aromatic N) is 3. The molecule has 0 fully saturated rings. The van der Waals surface area contributed by atoms with Gasteiger partial charge in [0, 0.05) is 5.54 Å². The van der Waals surface area contributed by atoms with Gasteiger partial charge in [0.05, 0.1) is 0 Å². The van der Waals surface area contributed by atoms with Gasteiger partial charge in [-0.15, -0.1) is 0 Å². The first kappa shape index (κ1) is 13.0. The number of aromatic nitrogens is 3. The summed E-state index contributed by atoms with van der Waals surface area (Å²) in [5.41, 5.74) is 5.51. The maximum absolute atomic E-state index is 5.73. The Hall–Kier alpha value is -1.10. The summed E-state index contributed by atoms with van der Waals surface area (Å²) in [6, 6.07) is 0. The topological polar surface area (TPSA) is 76.7 Å². The van der Waals surface area contributed by atoms with Crippen molar-refractivity contribution < 1.29 is 0 Å². The van der Waals surface area contributed by atoms with E-state index in [-0.39, 0.29) is 16.8 Å². The number of nitrogens with two attached hydrogens (primary N) is 1. The highest BCUT2D eigenvalue weighted by atomic mass is 35.5. The highest BCUT2D eigenvalue weighted by molar-refractivity contribution is 6.28. The first-order valence-electron chi connectivity index (χ1n) is 5.50. The van der Waals surface area contributed by atoms with Crippen LogP contribution < -0.4 is 11.1 Å². The molecule has 0 bridgehead atoms. The quantitative estimate of drug-likeness (QED) is 0.831. The number of nitrogens with one attached hydrogen (secondary N) is 1. The van der Waals surface area contributed by atoms with Crippen LogP contribution in [0, 0.1) is 0 Å². The van der Waals surface area contributed by atoms with Gasteiger partial charge >= 0.3 is 0 Å². The van der Waals surface area contributed by atoms with Gasteiger partial charge < -0.3 is 11.1 Å². The maximum atomic E-state index is 5.73. The van der Waals surface area contributed by atoms with E-state index in [1.807, 2.05) is 0 Å². The Bertz CT molecular complexity index is 323. The number of halogens is 1. The lowest BCUT2D eigenvalue weighted by Crippen LogP contribution is -2.37. The predicted octanol–water partition coefficient (Wildman–Crippen LogP) is 2.49. The molecule has 1 rings (SSSR count). The molecule has 0 atom stereocenters. The van der Waals surface area contributed by atoms with Crippen LogP contribution in [-0.4, -0.2) is 20.5 Å². The van der Waals surface area contributed by atoms with Crippen LogP contribution >= 0.6 is 11.6 Å². The van der Waals surface area contributed by atoms with E-state index in [9.17, 15) is 0 Å². The largest absolute Gasteiger partial charge is 0.368 e. The summed E-state index contributed by atoms with van der Waals surface area (Å²) in [5, 5.41) is 3.41. The van der Waals surface area contributed by atoms with E-state index in [1.54, 1.807) is 0 Å². The average Bonchev–Trinajstić information content (AvgIpc) is 2.25. The smallest absolute Gasteiger partial charge is 0.229 e. The van der Waals surface area contributed by atoms with Crippen LogP contribution in [0.5, 0.6) is 0 Å². The third-order valence-electron chi connectivity index (χ3n) is 3.03. The molecule has 0 saturated carbocycles. The van der Waals surface area contributed by atoms with Gasteiger partial charge in [-0.05, 0) is 30.9 Å². The van der Waals surface area contributed by atoms with Crippen LogP contribution in [0.3, 0.4) is 0 Å². The fourth-order valence-electron chi connectivity index (χ4n) is 1.67. The Balaban J connectivity index is 2.93. The molecule has 0 radical (unpaired) electrons. The van der Waals surface area contributed by atoms with Crippen molar-refractivity contribution in [3.8, 4) is 0 Å². The molecule has 6 heteroatoms. The van der Waals surface area contributed by atoms with Gasteiger partial charge in [0.2, 0.25) is 17.2 Å². The van der Waals surface area contributed by atoms with E-state index < -0.39 is 0 Å². The number of rotatable bonds is 5. The van der Waals surface area contributed by atoms with Crippen LogP contribution in [0.15, 0.2) is 0 Å². The minimum atomic E-state index is -0.00285. The minimum Gasteiger partial charge on any atom is -0.368 e. The molecule has 16 heavy (non-hydrogen) atoms. The number of nitrogen functional groups attached to an aromatic ring is 1. The van der Waals surface area contributed by atoms with Crippen LogP contribution in [0.1, 0.15) is 40.0 Å². The molecule has 1 aromatic rings. The standard InChI is InChI=1S/C10H18ClN5/c1-4-10(5-2,6-3)16-9-14-7(11)13-8(12)15-9/h4-6H2,1-3H3,(H3,12,13,14,15,16). The van der Waals surface area contributed by atoms with Crippen LogP contribution in [-0.2, 0) is 0 Å². The van der Waals surface area contributed by atoms with Crippen molar-refractivity contribution in [3.05, 3.63) is 5.28 Å². The molecule has 90 valence electrons. The predicted molar refractivity (Wildman–Crippen MR) is 66.5 cm³/mol. The molecule has 0 saturated heterocycles. The van der Waals surface area contributed by atoms with E-state index in [0.29, 0.717) is 5.95 Å². The Morgan fingerprint density at radius 3 is 2.12 bits per heavy atom. The SMILES string of the molecule is CCC(CC)(CC)Nc1nc(N)nc(Cl)n1. The zero-order valence-electron chi connectivity index (χ0n) is 9.92. The number of hydrogen-bond donors (Lipinski definition) is 2. The van der Waals surface area contributed by atoms with Crippen molar-refractivity contribution in [2.75, 3.05) is 11.1 Å². The van der Waals surface area contributed by atoms with E-state index >= 15 is 0 Å². The summed E-state index contributed by atoms with van der Waals surface area (Å²) in [4.78, 5) is 11.8. The first-order valence-corrected chi connectivity index (χ1v) is 5.88. The van der Waals surface area contributed by atoms with Gasteiger partial charge in [-0.1, -0.05) is 20.8 Å². The summed E-state index contributed by atoms with van der Waals surface area (Å²) in [6.07, 6.45) is 2.97. The molecule has 1 heterocycles. The lowest BCUT2D eigenvalue weighted by atomic mass is 9.90. The van der Waals surface area contributed by atoms with Crippen molar-refractivity contribution in [2.45, 2.75) is 45.6 Å². The molecule has 0 unspecified atom stereocenters. The first-order chi connectivity index (χ1) is 7.55. The molecule has 3 N–H and O–H groups in total. The molecule has 5 nitrogen and oxygen atoms in total. The van der Waals surface area contributed by atoms with Crippen LogP contribution in [0.4, 0.5) is 11.9 Å². The molecule has 0 aromatic carbocycles. The van der Waals surface area contributed by atoms with Crippen molar-refractivity contribution in [1.82, 2.24) is 15.0 Å². The van der Waals surface area contributed by atoms with Crippen molar-refractivity contribution in [3.63, 3.8) is 0 Å². The lowest BCUT2D eigenvalue weighted by Gasteiger charge is -2.31. The van der Waals surface area contributed by atoms with Crippen molar-refractivity contribution >= 4 is 23.5 Å². The fourth-order valence-corrected chi connectivity index (χ4v) is 1.84. The highest BCUT2D eigenvalue weighted by Crippen LogP contribution is 2.24. The Labute approximate surface area is 101 Å². The van der Waals surface area contributed by atoms with Crippen molar-refractivity contribution in [1.29, 1.82) is 0 Å². The highest BCUT2D eigenvalue weighted by Gasteiger charge is 2.24. The molecule has 0 aliphatic heterocycles. The number of anilines is 2. The number of hydrogen-bond acceptors (Lipinski definition) is 5. The van der Waals surface area contributed by atoms with E-state index in [1.165, 1.54) is 0 Å². The summed E-state index contributed by atoms with van der Waals surface area (Å²) in [6.45, 7) is 6.39. The third-order valence-corrected chi connectivity index (χ3v) is 3.20. The summed E-state index contributed by atoms with van der Waals surface area (Å²) in [5.74, 6) is 0.586. The second kappa shape index (κ2) is 5.30. The molecular formula is C10H18ClN5. The average molecular weight is 244 g/mol. The van der Waals surface area contributed by atoms with Crippen LogP contribution in [0.2, 0.25) is 5.28 Å². The molecule has 0 spiro atoms. The third kappa shape index (κ3) is 2.95. The summed E-state index contributed by atoms with van der Waals surface area (Å²) in [7, 11) is 0. The second-order valence-electron chi connectivity index (χ2n) is 3.75. The zero-order chi connectivity index (χ0) is 12.2. The van der Waals surface area contributed by atoms with E-state index in [4.69, 9.17) is 17.3 Å². The van der Waals surface area contributed by atoms with Gasteiger partial charge in [0.25, 0.3) is 0 Å². The van der Waals surface area contributed by atoms with Gasteiger partial charge in [-0.25, -0.2) is 0 Å². The minimum absolute atomic E-state index is 0.00285. The second-order valence-corrected chi connectivity index (χ2v) is 4.09. The van der Waals surface area contributed by atoms with Gasteiger partial charge in [-0.2, -0.15) is 15.0 Å². The fraction of sp³-hybridized carbons (Fsp3) is 0.700. The molecule has 0 amide bonds. The summed E-state index contributed by atoms with van der Waals surface area (Å²) < 4.78 is 0. The normalized spacial score (nSPS) is 11.5. The van der Waals surface area contributed by atoms with Gasteiger partial charge in [0.1, 0.15) is 0 Å². The zero-order valence-corrected chi connectivity index (χ0v) is 10.7. The monoisotopic (exact) mass is 243 g/mol.